The lowest BCUT2D eigenvalue weighted by atomic mass is 9.86. The molecule has 6 nitrogen and oxygen atoms in total. The minimum Gasteiger partial charge on any atom is -0.493 e. The number of rotatable bonds is 4. The van der Waals surface area contributed by atoms with Gasteiger partial charge in [0.2, 0.25) is 5.91 Å². The van der Waals surface area contributed by atoms with Crippen LogP contribution in [0.25, 0.3) is 0 Å². The molecule has 174 valence electrons. The second-order valence-corrected chi connectivity index (χ2v) is 9.62. The van der Waals surface area contributed by atoms with Gasteiger partial charge in [-0.1, -0.05) is 30.0 Å². The highest BCUT2D eigenvalue weighted by Crippen LogP contribution is 2.57. The maximum atomic E-state index is 14.7. The van der Waals surface area contributed by atoms with Crippen molar-refractivity contribution in [3.05, 3.63) is 65.2 Å². The quantitative estimate of drug-likeness (QED) is 0.676. The summed E-state index contributed by atoms with van der Waals surface area (Å²) in [6, 6.07) is 10.9. The Morgan fingerprint density at radius 3 is 2.79 bits per heavy atom. The van der Waals surface area contributed by atoms with E-state index < -0.39 is 16.5 Å². The highest BCUT2D eigenvalue weighted by Gasteiger charge is 2.56. The number of thioether (sulfide) groups is 1. The van der Waals surface area contributed by atoms with E-state index in [-0.39, 0.29) is 22.4 Å². The summed E-state index contributed by atoms with van der Waals surface area (Å²) in [6.45, 7) is 5.79. The fourth-order valence-electron chi connectivity index (χ4n) is 4.73. The number of halogens is 2. The molecule has 2 atom stereocenters. The predicted molar refractivity (Wildman–Crippen MR) is 122 cm³/mol. The Bertz CT molecular complexity index is 1090. The van der Waals surface area contributed by atoms with Crippen LogP contribution < -0.4 is 4.74 Å². The van der Waals surface area contributed by atoms with Gasteiger partial charge in [-0.05, 0) is 37.2 Å². The minimum absolute atomic E-state index is 0.0547. The topological polar surface area (TPSA) is 54.4 Å². The summed E-state index contributed by atoms with van der Waals surface area (Å²) in [7, 11) is 0. The fourth-order valence-corrected chi connectivity index (χ4v) is 6.30. The number of benzene rings is 2. The molecule has 2 aromatic rings. The summed E-state index contributed by atoms with van der Waals surface area (Å²) in [4.78, 5) is 14.3. The van der Waals surface area contributed by atoms with Crippen LogP contribution in [0.15, 0.2) is 47.6 Å². The van der Waals surface area contributed by atoms with Crippen molar-refractivity contribution in [3.8, 4) is 5.75 Å². The standard InChI is InChI=1S/C24H25F2N3O3S/c1-16(30)29-24(33-23(27-29)19-14-18(25)6-7-21(19)26)17(8-9-28-10-12-31-13-11-28)15-32-22-5-3-2-4-20(22)24/h2-7,14,17H,8-13,15H2,1H3. The third kappa shape index (κ3) is 4.02. The number of morpholine rings is 1. The summed E-state index contributed by atoms with van der Waals surface area (Å²) in [5.74, 6) is -0.825. The molecule has 1 amide bonds. The molecule has 1 fully saturated rings. The Hall–Kier alpha value is -2.49. The van der Waals surface area contributed by atoms with Crippen LogP contribution in [0.4, 0.5) is 8.78 Å². The number of hydrogen-bond acceptors (Lipinski definition) is 6. The number of ether oxygens (including phenoxy) is 2. The van der Waals surface area contributed by atoms with Crippen LogP contribution >= 0.6 is 11.8 Å². The molecular weight excluding hydrogens is 448 g/mol. The molecule has 1 spiro atoms. The first-order chi connectivity index (χ1) is 16.0. The molecule has 0 radical (unpaired) electrons. The van der Waals surface area contributed by atoms with Gasteiger partial charge >= 0.3 is 0 Å². The third-order valence-electron chi connectivity index (χ3n) is 6.38. The highest BCUT2D eigenvalue weighted by atomic mass is 32.2. The zero-order valence-electron chi connectivity index (χ0n) is 18.3. The summed E-state index contributed by atoms with van der Waals surface area (Å²) >= 11 is 1.31. The lowest BCUT2D eigenvalue weighted by molar-refractivity contribution is -0.134. The average Bonchev–Trinajstić information content (AvgIpc) is 3.22. The van der Waals surface area contributed by atoms with Gasteiger partial charge in [0.1, 0.15) is 22.4 Å². The Labute approximate surface area is 195 Å². The van der Waals surface area contributed by atoms with Crippen LogP contribution in [0.3, 0.4) is 0 Å². The number of hydrogen-bond donors (Lipinski definition) is 0. The second kappa shape index (κ2) is 9.04. The van der Waals surface area contributed by atoms with Gasteiger partial charge in [0, 0.05) is 37.1 Å². The van der Waals surface area contributed by atoms with Crippen molar-refractivity contribution in [2.45, 2.75) is 18.2 Å². The van der Waals surface area contributed by atoms with Gasteiger partial charge in [-0.2, -0.15) is 5.10 Å². The first-order valence-electron chi connectivity index (χ1n) is 11.1. The summed E-state index contributed by atoms with van der Waals surface area (Å²) in [6.07, 6.45) is 0.750. The smallest absolute Gasteiger partial charge is 0.241 e. The fraction of sp³-hybridized carbons (Fsp3) is 0.417. The van der Waals surface area contributed by atoms with E-state index in [4.69, 9.17) is 9.47 Å². The van der Waals surface area contributed by atoms with E-state index in [0.717, 1.165) is 49.8 Å². The molecule has 9 heteroatoms. The highest BCUT2D eigenvalue weighted by molar-refractivity contribution is 8.15. The van der Waals surface area contributed by atoms with Gasteiger partial charge in [-0.3, -0.25) is 9.69 Å². The predicted octanol–water partition coefficient (Wildman–Crippen LogP) is 3.81. The summed E-state index contributed by atoms with van der Waals surface area (Å²) < 4.78 is 40.2. The van der Waals surface area contributed by atoms with E-state index in [1.165, 1.54) is 23.7 Å². The van der Waals surface area contributed by atoms with Gasteiger partial charge in [0.25, 0.3) is 0 Å². The molecule has 0 saturated carbocycles. The van der Waals surface area contributed by atoms with Crippen molar-refractivity contribution in [2.75, 3.05) is 39.5 Å². The Kier molecular flexibility index (Phi) is 6.11. The molecule has 33 heavy (non-hydrogen) atoms. The van der Waals surface area contributed by atoms with Gasteiger partial charge in [0.15, 0.2) is 4.87 Å². The second-order valence-electron chi connectivity index (χ2n) is 8.41. The van der Waals surface area contributed by atoms with Crippen molar-refractivity contribution < 1.29 is 23.0 Å². The van der Waals surface area contributed by atoms with Crippen LogP contribution in [0, 0.1) is 17.6 Å². The maximum Gasteiger partial charge on any atom is 0.241 e. The Balaban J connectivity index is 1.55. The molecule has 3 aliphatic heterocycles. The molecule has 0 aromatic heterocycles. The normalized spacial score (nSPS) is 25.0. The number of carbonyl (C=O) groups is 1. The first kappa shape index (κ1) is 22.3. The van der Waals surface area contributed by atoms with Gasteiger partial charge in [-0.15, -0.1) is 0 Å². The lowest BCUT2D eigenvalue weighted by Crippen LogP contribution is -2.51. The minimum atomic E-state index is -0.902. The zero-order chi connectivity index (χ0) is 23.0. The number of carbonyl (C=O) groups excluding carboxylic acids is 1. The maximum absolute atomic E-state index is 14.7. The number of fused-ring (bicyclic) bond motifs is 2. The lowest BCUT2D eigenvalue weighted by Gasteiger charge is -2.45. The number of para-hydroxylation sites is 1. The molecule has 3 heterocycles. The van der Waals surface area contributed by atoms with E-state index in [2.05, 4.69) is 10.0 Å². The van der Waals surface area contributed by atoms with E-state index >= 15 is 0 Å². The third-order valence-corrected chi connectivity index (χ3v) is 7.91. The van der Waals surface area contributed by atoms with E-state index in [9.17, 15) is 13.6 Å². The van der Waals surface area contributed by atoms with Crippen molar-refractivity contribution in [3.63, 3.8) is 0 Å². The zero-order valence-corrected chi connectivity index (χ0v) is 19.1. The molecule has 0 bridgehead atoms. The average molecular weight is 474 g/mol. The summed E-state index contributed by atoms with van der Waals surface area (Å²) in [5.41, 5.74) is 0.873. The van der Waals surface area contributed by atoms with Crippen molar-refractivity contribution >= 4 is 22.7 Å². The van der Waals surface area contributed by atoms with Crippen LogP contribution in [-0.4, -0.2) is 60.3 Å². The van der Waals surface area contributed by atoms with E-state index in [1.807, 2.05) is 24.3 Å². The van der Waals surface area contributed by atoms with Crippen LogP contribution in [-0.2, 0) is 14.4 Å². The molecule has 2 aromatic carbocycles. The molecule has 5 rings (SSSR count). The molecular formula is C24H25F2N3O3S. The molecule has 1 saturated heterocycles. The molecule has 0 N–H and O–H groups in total. The van der Waals surface area contributed by atoms with Crippen LogP contribution in [0.5, 0.6) is 5.75 Å². The molecule has 0 aliphatic carbocycles. The van der Waals surface area contributed by atoms with Crippen LogP contribution in [0.2, 0.25) is 0 Å². The van der Waals surface area contributed by atoms with Gasteiger partial charge < -0.3 is 9.47 Å². The monoisotopic (exact) mass is 473 g/mol. The SMILES string of the molecule is CC(=O)N1N=C(c2cc(F)ccc2F)SC12c1ccccc1OCC2CCN1CCOCC1. The molecule has 3 aliphatic rings. The molecule has 2 unspecified atom stereocenters. The first-order valence-corrected chi connectivity index (χ1v) is 11.9. The van der Waals surface area contributed by atoms with Gasteiger partial charge in [0.05, 0.1) is 19.8 Å². The Morgan fingerprint density at radius 1 is 1.21 bits per heavy atom. The number of nitrogens with zero attached hydrogens (tertiary/aromatic N) is 3. The largest absolute Gasteiger partial charge is 0.493 e. The van der Waals surface area contributed by atoms with E-state index in [0.29, 0.717) is 25.6 Å². The number of hydrazone groups is 1. The van der Waals surface area contributed by atoms with Crippen molar-refractivity contribution in [1.82, 2.24) is 9.91 Å². The van der Waals surface area contributed by atoms with E-state index in [1.54, 1.807) is 0 Å². The number of amides is 1. The van der Waals surface area contributed by atoms with Gasteiger partial charge in [-0.25, -0.2) is 13.8 Å². The van der Waals surface area contributed by atoms with Crippen LogP contribution in [0.1, 0.15) is 24.5 Å². The summed E-state index contributed by atoms with van der Waals surface area (Å²) in [5, 5.41) is 6.28. The Morgan fingerprint density at radius 2 is 2.00 bits per heavy atom. The van der Waals surface area contributed by atoms with Crippen molar-refractivity contribution in [2.24, 2.45) is 11.0 Å². The van der Waals surface area contributed by atoms with Crippen molar-refractivity contribution in [1.29, 1.82) is 0 Å².